The van der Waals surface area contributed by atoms with Crippen molar-refractivity contribution in [2.75, 3.05) is 18.5 Å². The van der Waals surface area contributed by atoms with E-state index < -0.39 is 14.9 Å². The minimum atomic E-state index is -3.70. The van der Waals surface area contributed by atoms with Crippen LogP contribution in [-0.4, -0.2) is 36.4 Å². The Kier molecular flexibility index (Phi) is 5.77. The fourth-order valence-electron chi connectivity index (χ4n) is 4.33. The number of hydrogen-bond acceptors (Lipinski definition) is 6. The number of benzene rings is 1. The fourth-order valence-corrected chi connectivity index (χ4v) is 5.87. The van der Waals surface area contributed by atoms with Crippen molar-refractivity contribution in [3.63, 3.8) is 0 Å². The van der Waals surface area contributed by atoms with E-state index in [2.05, 4.69) is 31.3 Å². The molecule has 1 aromatic carbocycles. The van der Waals surface area contributed by atoms with Gasteiger partial charge in [-0.1, -0.05) is 20.8 Å². The molecular weight excluding hydrogens is 380 g/mol. The van der Waals surface area contributed by atoms with Crippen molar-refractivity contribution in [1.29, 1.82) is 0 Å². The van der Waals surface area contributed by atoms with Crippen LogP contribution < -0.4 is 5.43 Å². The summed E-state index contributed by atoms with van der Waals surface area (Å²) in [6, 6.07) is 3.97. The quantitative estimate of drug-likeness (QED) is 0.586. The van der Waals surface area contributed by atoms with Crippen molar-refractivity contribution in [2.45, 2.75) is 57.8 Å². The first-order chi connectivity index (χ1) is 13.1. The zero-order valence-corrected chi connectivity index (χ0v) is 17.5. The van der Waals surface area contributed by atoms with Crippen molar-refractivity contribution < 1.29 is 13.3 Å². The van der Waals surface area contributed by atoms with E-state index >= 15 is 0 Å². The molecule has 1 aromatic rings. The van der Waals surface area contributed by atoms with Gasteiger partial charge < -0.3 is 0 Å². The first-order valence-electron chi connectivity index (χ1n) is 9.68. The standard InChI is InChI=1S/C19H28N4O4S/c1-14-10-15(13-19(2,3)12-14)20-21-17-7-6-16(11-18(17)23(24)25)28(26,27)22-8-4-5-9-22/h6-7,11,14,21H,4-5,8-10,12-13H2,1-3H3. The number of sulfonamides is 1. The topological polar surface area (TPSA) is 105 Å². The van der Waals surface area contributed by atoms with Crippen LogP contribution in [0.5, 0.6) is 0 Å². The van der Waals surface area contributed by atoms with E-state index in [-0.39, 0.29) is 21.7 Å². The van der Waals surface area contributed by atoms with Gasteiger partial charge in [-0.05, 0) is 55.6 Å². The van der Waals surface area contributed by atoms with Crippen LogP contribution in [0.3, 0.4) is 0 Å². The van der Waals surface area contributed by atoms with Crippen molar-refractivity contribution in [2.24, 2.45) is 16.4 Å². The minimum Gasteiger partial charge on any atom is -0.272 e. The second-order valence-electron chi connectivity index (χ2n) is 8.69. The lowest BCUT2D eigenvalue weighted by molar-refractivity contribution is -0.384. The van der Waals surface area contributed by atoms with E-state index in [0.717, 1.165) is 43.9 Å². The molecule has 1 saturated carbocycles. The average molecular weight is 409 g/mol. The summed E-state index contributed by atoms with van der Waals surface area (Å²) in [5.74, 6) is 0.507. The van der Waals surface area contributed by atoms with Crippen molar-refractivity contribution in [3.05, 3.63) is 28.3 Å². The zero-order chi connectivity index (χ0) is 20.5. The summed E-state index contributed by atoms with van der Waals surface area (Å²) < 4.78 is 26.8. The van der Waals surface area contributed by atoms with Gasteiger partial charge in [0.25, 0.3) is 5.69 Å². The Labute approximate surface area is 166 Å². The lowest BCUT2D eigenvalue weighted by Gasteiger charge is -2.34. The molecule has 0 radical (unpaired) electrons. The van der Waals surface area contributed by atoms with E-state index in [0.29, 0.717) is 19.0 Å². The summed E-state index contributed by atoms with van der Waals surface area (Å²) in [5.41, 5.74) is 3.86. The lowest BCUT2D eigenvalue weighted by atomic mass is 9.72. The molecule has 2 fully saturated rings. The van der Waals surface area contributed by atoms with Gasteiger partial charge in [0.2, 0.25) is 10.0 Å². The van der Waals surface area contributed by atoms with Crippen LogP contribution in [-0.2, 0) is 10.0 Å². The highest BCUT2D eigenvalue weighted by molar-refractivity contribution is 7.89. The molecule has 28 heavy (non-hydrogen) atoms. The molecule has 0 amide bonds. The van der Waals surface area contributed by atoms with Gasteiger partial charge in [0.1, 0.15) is 5.69 Å². The van der Waals surface area contributed by atoms with E-state index in [9.17, 15) is 18.5 Å². The summed E-state index contributed by atoms with van der Waals surface area (Å²) in [6.07, 6.45) is 4.43. The summed E-state index contributed by atoms with van der Waals surface area (Å²) in [4.78, 5) is 10.9. The van der Waals surface area contributed by atoms with Crippen LogP contribution >= 0.6 is 0 Å². The second-order valence-corrected chi connectivity index (χ2v) is 10.6. The molecule has 0 aromatic heterocycles. The Morgan fingerprint density at radius 3 is 2.57 bits per heavy atom. The second kappa shape index (κ2) is 7.79. The Bertz CT molecular complexity index is 889. The number of nitrogens with zero attached hydrogens (tertiary/aromatic N) is 3. The van der Waals surface area contributed by atoms with Gasteiger partial charge >= 0.3 is 0 Å². The molecule has 1 heterocycles. The number of hydrazone groups is 1. The third-order valence-electron chi connectivity index (χ3n) is 5.37. The van der Waals surface area contributed by atoms with Crippen molar-refractivity contribution >= 4 is 27.1 Å². The molecule has 1 atom stereocenters. The highest BCUT2D eigenvalue weighted by atomic mass is 32.2. The van der Waals surface area contributed by atoms with Crippen LogP contribution in [0.2, 0.25) is 0 Å². The van der Waals surface area contributed by atoms with Gasteiger partial charge in [0.15, 0.2) is 0 Å². The Hall–Kier alpha value is -2.00. The summed E-state index contributed by atoms with van der Waals surface area (Å²) in [7, 11) is -3.70. The van der Waals surface area contributed by atoms with Gasteiger partial charge in [-0.15, -0.1) is 0 Å². The van der Waals surface area contributed by atoms with Gasteiger partial charge in [0.05, 0.1) is 9.82 Å². The van der Waals surface area contributed by atoms with E-state index in [1.54, 1.807) is 0 Å². The lowest BCUT2D eigenvalue weighted by Crippen LogP contribution is -2.28. The highest BCUT2D eigenvalue weighted by Crippen LogP contribution is 2.37. The van der Waals surface area contributed by atoms with Crippen molar-refractivity contribution in [3.8, 4) is 0 Å². The summed E-state index contributed by atoms with van der Waals surface area (Å²) in [5, 5.41) is 16.0. The fraction of sp³-hybridized carbons (Fsp3) is 0.632. The number of anilines is 1. The average Bonchev–Trinajstić information content (AvgIpc) is 3.13. The van der Waals surface area contributed by atoms with Crippen LogP contribution in [0.15, 0.2) is 28.2 Å². The molecule has 9 heteroatoms. The van der Waals surface area contributed by atoms with Gasteiger partial charge in [-0.2, -0.15) is 9.41 Å². The SMILES string of the molecule is CC1CC(=NNc2ccc(S(=O)(=O)N3CCCC3)cc2[N+](=O)[O-])CC(C)(C)C1. The van der Waals surface area contributed by atoms with Gasteiger partial charge in [-0.25, -0.2) is 8.42 Å². The smallest absolute Gasteiger partial charge is 0.272 e. The van der Waals surface area contributed by atoms with Crippen LogP contribution in [0.1, 0.15) is 52.9 Å². The highest BCUT2D eigenvalue weighted by Gasteiger charge is 2.31. The van der Waals surface area contributed by atoms with Crippen LogP contribution in [0.4, 0.5) is 11.4 Å². The normalized spacial score (nSPS) is 24.4. The predicted octanol–water partition coefficient (Wildman–Crippen LogP) is 3.99. The molecule has 2 aliphatic rings. The number of rotatable bonds is 5. The molecule has 1 N–H and O–H groups in total. The van der Waals surface area contributed by atoms with Gasteiger partial charge in [-0.3, -0.25) is 15.5 Å². The maximum absolute atomic E-state index is 12.7. The summed E-state index contributed by atoms with van der Waals surface area (Å²) in [6.45, 7) is 7.48. The largest absolute Gasteiger partial charge is 0.295 e. The maximum atomic E-state index is 12.7. The van der Waals surface area contributed by atoms with E-state index in [1.165, 1.54) is 16.4 Å². The molecule has 154 valence electrons. The Balaban J connectivity index is 1.86. The number of nitro groups is 1. The molecular formula is C19H28N4O4S. The first-order valence-corrected chi connectivity index (χ1v) is 11.1. The Morgan fingerprint density at radius 2 is 1.96 bits per heavy atom. The third-order valence-corrected chi connectivity index (χ3v) is 7.27. The molecule has 0 spiro atoms. The van der Waals surface area contributed by atoms with Gasteiger partial charge in [0, 0.05) is 24.9 Å². The molecule has 0 bridgehead atoms. The molecule has 3 rings (SSSR count). The van der Waals surface area contributed by atoms with Crippen LogP contribution in [0.25, 0.3) is 0 Å². The Morgan fingerprint density at radius 1 is 1.29 bits per heavy atom. The molecule has 1 unspecified atom stereocenters. The zero-order valence-electron chi connectivity index (χ0n) is 16.6. The first kappa shape index (κ1) is 20.7. The number of hydrogen-bond donors (Lipinski definition) is 1. The number of nitrogens with one attached hydrogen (secondary N) is 1. The molecule has 1 aliphatic heterocycles. The third kappa shape index (κ3) is 4.52. The van der Waals surface area contributed by atoms with Crippen LogP contribution in [0, 0.1) is 21.4 Å². The number of nitro benzene ring substituents is 1. The molecule has 1 saturated heterocycles. The molecule has 1 aliphatic carbocycles. The predicted molar refractivity (Wildman–Crippen MR) is 109 cm³/mol. The maximum Gasteiger partial charge on any atom is 0.295 e. The van der Waals surface area contributed by atoms with Crippen molar-refractivity contribution in [1.82, 2.24) is 4.31 Å². The van der Waals surface area contributed by atoms with E-state index in [1.807, 2.05) is 0 Å². The minimum absolute atomic E-state index is 0.0493. The van der Waals surface area contributed by atoms with E-state index in [4.69, 9.17) is 0 Å². The summed E-state index contributed by atoms with van der Waals surface area (Å²) >= 11 is 0. The molecule has 8 nitrogen and oxygen atoms in total. The monoisotopic (exact) mass is 408 g/mol.